The molecule has 2 rings (SSSR count). The van der Waals surface area contributed by atoms with E-state index < -0.39 is 15.1 Å². The van der Waals surface area contributed by atoms with Crippen LogP contribution in [0, 0.1) is 5.41 Å². The molecule has 2 unspecified atom stereocenters. The van der Waals surface area contributed by atoms with Crippen molar-refractivity contribution in [2.45, 2.75) is 50.2 Å². The Morgan fingerprint density at radius 1 is 1.35 bits per heavy atom. The fourth-order valence-electron chi connectivity index (χ4n) is 2.87. The van der Waals surface area contributed by atoms with Gasteiger partial charge in [-0.15, -0.1) is 0 Å². The van der Waals surface area contributed by atoms with Crippen LogP contribution in [0.2, 0.25) is 5.02 Å². The molecule has 1 aliphatic carbocycles. The quantitative estimate of drug-likeness (QED) is 0.932. The first kappa shape index (κ1) is 15.8. The van der Waals surface area contributed by atoms with E-state index in [-0.39, 0.29) is 17.2 Å². The second-order valence-corrected chi connectivity index (χ2v) is 9.14. The number of halogens is 1. The van der Waals surface area contributed by atoms with Gasteiger partial charge in [0.25, 0.3) is 0 Å². The molecule has 2 atom stereocenters. The van der Waals surface area contributed by atoms with E-state index in [1.165, 1.54) is 0 Å². The molecule has 5 heteroatoms. The van der Waals surface area contributed by atoms with Gasteiger partial charge >= 0.3 is 0 Å². The maximum absolute atomic E-state index is 12.7. The number of hydrogen-bond donors (Lipinski definition) is 1. The van der Waals surface area contributed by atoms with Crippen LogP contribution < -0.4 is 5.73 Å². The summed E-state index contributed by atoms with van der Waals surface area (Å²) in [6.45, 7) is 4.22. The SMILES string of the molecule is CC1(C)CCC(N)C(S(=O)(=O)Cc2ccccc2Cl)C1. The molecule has 0 spiro atoms. The van der Waals surface area contributed by atoms with Crippen molar-refractivity contribution >= 4 is 21.4 Å². The van der Waals surface area contributed by atoms with Crippen LogP contribution in [0.4, 0.5) is 0 Å². The van der Waals surface area contributed by atoms with Crippen LogP contribution in [-0.2, 0) is 15.6 Å². The molecule has 0 aliphatic heterocycles. The van der Waals surface area contributed by atoms with Gasteiger partial charge in [-0.25, -0.2) is 8.42 Å². The number of nitrogens with two attached hydrogens (primary N) is 1. The number of benzene rings is 1. The van der Waals surface area contributed by atoms with Crippen molar-refractivity contribution in [2.24, 2.45) is 11.1 Å². The van der Waals surface area contributed by atoms with Gasteiger partial charge in [0.2, 0.25) is 0 Å². The van der Waals surface area contributed by atoms with Gasteiger partial charge in [0.05, 0.1) is 11.0 Å². The lowest BCUT2D eigenvalue weighted by atomic mass is 9.75. The van der Waals surface area contributed by atoms with Crippen molar-refractivity contribution in [3.05, 3.63) is 34.9 Å². The predicted molar refractivity (Wildman–Crippen MR) is 83.5 cm³/mol. The molecule has 1 aliphatic rings. The van der Waals surface area contributed by atoms with Gasteiger partial charge in [-0.1, -0.05) is 43.6 Å². The molecule has 0 saturated heterocycles. The third-order valence-corrected chi connectivity index (χ3v) is 6.68. The molecule has 0 amide bonds. The van der Waals surface area contributed by atoms with Crippen LogP contribution in [-0.4, -0.2) is 19.7 Å². The lowest BCUT2D eigenvalue weighted by Gasteiger charge is -2.38. The summed E-state index contributed by atoms with van der Waals surface area (Å²) in [5.41, 5.74) is 6.76. The fourth-order valence-corrected chi connectivity index (χ4v) is 5.43. The van der Waals surface area contributed by atoms with Crippen LogP contribution in [0.1, 0.15) is 38.7 Å². The average molecular weight is 316 g/mol. The first-order chi connectivity index (χ1) is 9.21. The molecule has 0 radical (unpaired) electrons. The highest BCUT2D eigenvalue weighted by Gasteiger charge is 2.40. The topological polar surface area (TPSA) is 60.2 Å². The Balaban J connectivity index is 2.24. The van der Waals surface area contributed by atoms with E-state index in [1.54, 1.807) is 18.2 Å². The summed E-state index contributed by atoms with van der Waals surface area (Å²) >= 11 is 6.07. The molecule has 0 heterocycles. The molecule has 0 aromatic heterocycles. The molecule has 1 aromatic carbocycles. The van der Waals surface area contributed by atoms with E-state index in [1.807, 2.05) is 6.07 Å². The minimum atomic E-state index is -3.29. The summed E-state index contributed by atoms with van der Waals surface area (Å²) in [7, 11) is -3.29. The molecule has 0 bridgehead atoms. The van der Waals surface area contributed by atoms with Gasteiger partial charge < -0.3 is 5.73 Å². The predicted octanol–water partition coefficient (Wildman–Crippen LogP) is 3.16. The smallest absolute Gasteiger partial charge is 0.158 e. The lowest BCUT2D eigenvalue weighted by Crippen LogP contribution is -2.47. The average Bonchev–Trinajstić information content (AvgIpc) is 2.35. The Kier molecular flexibility index (Phi) is 4.47. The first-order valence-electron chi connectivity index (χ1n) is 6.92. The molecule has 1 fully saturated rings. The highest BCUT2D eigenvalue weighted by Crippen LogP contribution is 2.38. The van der Waals surface area contributed by atoms with E-state index >= 15 is 0 Å². The van der Waals surface area contributed by atoms with Crippen LogP contribution in [0.5, 0.6) is 0 Å². The van der Waals surface area contributed by atoms with Crippen molar-refractivity contribution in [2.75, 3.05) is 0 Å². The number of hydrogen-bond acceptors (Lipinski definition) is 3. The van der Waals surface area contributed by atoms with Crippen molar-refractivity contribution in [1.82, 2.24) is 0 Å². The molecule has 2 N–H and O–H groups in total. The first-order valence-corrected chi connectivity index (χ1v) is 9.01. The van der Waals surface area contributed by atoms with E-state index in [2.05, 4.69) is 13.8 Å². The Morgan fingerprint density at radius 2 is 2.00 bits per heavy atom. The van der Waals surface area contributed by atoms with Crippen LogP contribution in [0.15, 0.2) is 24.3 Å². The Bertz CT molecular complexity index is 583. The minimum absolute atomic E-state index is 0.0267. The number of sulfone groups is 1. The van der Waals surface area contributed by atoms with Crippen molar-refractivity contribution < 1.29 is 8.42 Å². The van der Waals surface area contributed by atoms with E-state index in [0.717, 1.165) is 12.8 Å². The summed E-state index contributed by atoms with van der Waals surface area (Å²) in [5, 5.41) is 0.0299. The minimum Gasteiger partial charge on any atom is -0.327 e. The normalized spacial score (nSPS) is 26.4. The second kappa shape index (κ2) is 5.66. The summed E-state index contributed by atoms with van der Waals surface area (Å²) in [5.74, 6) is -0.0267. The van der Waals surface area contributed by atoms with E-state index in [4.69, 9.17) is 17.3 Å². The molecule has 1 aromatic rings. The van der Waals surface area contributed by atoms with Crippen molar-refractivity contribution in [3.8, 4) is 0 Å². The lowest BCUT2D eigenvalue weighted by molar-refractivity contribution is 0.227. The van der Waals surface area contributed by atoms with Gasteiger partial charge in [0.15, 0.2) is 9.84 Å². The van der Waals surface area contributed by atoms with Gasteiger partial charge in [0, 0.05) is 11.1 Å². The Labute approximate surface area is 126 Å². The van der Waals surface area contributed by atoms with Crippen molar-refractivity contribution in [1.29, 1.82) is 0 Å². The standard InChI is InChI=1S/C15H22ClNO2S/c1-15(2)8-7-13(17)14(9-15)20(18,19)10-11-5-3-4-6-12(11)16/h3-6,13-14H,7-10,17H2,1-2H3. The third-order valence-electron chi connectivity index (χ3n) is 4.16. The summed E-state index contributed by atoms with van der Waals surface area (Å²) in [6.07, 6.45) is 2.37. The zero-order valence-corrected chi connectivity index (χ0v) is 13.5. The number of rotatable bonds is 3. The highest BCUT2D eigenvalue weighted by molar-refractivity contribution is 7.91. The summed E-state index contributed by atoms with van der Waals surface area (Å²) in [4.78, 5) is 0. The van der Waals surface area contributed by atoms with Gasteiger partial charge in [-0.3, -0.25) is 0 Å². The van der Waals surface area contributed by atoms with Crippen LogP contribution >= 0.6 is 11.6 Å². The third kappa shape index (κ3) is 3.54. The van der Waals surface area contributed by atoms with E-state index in [0.29, 0.717) is 17.0 Å². The molecule has 3 nitrogen and oxygen atoms in total. The maximum atomic E-state index is 12.7. The highest BCUT2D eigenvalue weighted by atomic mass is 35.5. The Morgan fingerprint density at radius 3 is 2.65 bits per heavy atom. The monoisotopic (exact) mass is 315 g/mol. The summed E-state index contributed by atoms with van der Waals surface area (Å²) in [6, 6.07) is 6.82. The molecule has 20 heavy (non-hydrogen) atoms. The second-order valence-electron chi connectivity index (χ2n) is 6.51. The molecular weight excluding hydrogens is 294 g/mol. The largest absolute Gasteiger partial charge is 0.327 e. The van der Waals surface area contributed by atoms with Crippen LogP contribution in [0.25, 0.3) is 0 Å². The van der Waals surface area contributed by atoms with Gasteiger partial charge in [-0.2, -0.15) is 0 Å². The van der Waals surface area contributed by atoms with E-state index in [9.17, 15) is 8.42 Å². The molecule has 1 saturated carbocycles. The van der Waals surface area contributed by atoms with Crippen LogP contribution in [0.3, 0.4) is 0 Å². The molecule has 112 valence electrons. The molecular formula is C15H22ClNO2S. The van der Waals surface area contributed by atoms with Crippen molar-refractivity contribution in [3.63, 3.8) is 0 Å². The zero-order valence-electron chi connectivity index (χ0n) is 12.0. The maximum Gasteiger partial charge on any atom is 0.158 e. The van der Waals surface area contributed by atoms with Gasteiger partial charge in [0.1, 0.15) is 0 Å². The zero-order chi connectivity index (χ0) is 15.0. The Hall–Kier alpha value is -0.580. The fraction of sp³-hybridized carbons (Fsp3) is 0.600. The summed E-state index contributed by atoms with van der Waals surface area (Å²) < 4.78 is 25.3. The van der Waals surface area contributed by atoms with Gasteiger partial charge in [-0.05, 0) is 36.3 Å².